The van der Waals surface area contributed by atoms with Crippen LogP contribution in [-0.2, 0) is 16.2 Å². The van der Waals surface area contributed by atoms with Gasteiger partial charge in [0.15, 0.2) is 23.0 Å². The van der Waals surface area contributed by atoms with E-state index in [-0.39, 0.29) is 47.6 Å². The molecule has 0 spiro atoms. The number of rotatable bonds is 10. The summed E-state index contributed by atoms with van der Waals surface area (Å²) < 4.78 is 87.7. The Morgan fingerprint density at radius 1 is 0.252 bits per heavy atom. The third-order valence-corrected chi connectivity index (χ3v) is 25.3. The first-order chi connectivity index (χ1) is 62.5. The highest BCUT2D eigenvalue weighted by Gasteiger charge is 2.47. The standard InChI is InChI=1S/C114H89BN6O2/c1-112(2,3)76-62-85(72-34-14-10-15-35-72)110(86(63-76)73-36-16-11-17-37-73)120-101-70-81(116-93-44-24-22-42-83(93)89-68-79(56-60-95(89)116)118-97-46-26-30-50-105(97)122-106-51-31-27-47-98(106)118)54-58-91(101)115-92-59-55-82(117-94-45-25-23-43-84(94)90-69-80(57-61-96(90)117)119-99-48-28-32-52-107(99)123-108-53-33-29-49-100(108)119)71-102(92)121(104-67-78(114(7,8)9)66-103(120)109(104)115)111-87(74-38-18-12-19-39-74)64-77(113(4,5)6)65-88(111)75-40-20-13-21-41-75/h10-71H,1-9H3/i54D,55D,58D,59D,70D,71D. The van der Waals surface area contributed by atoms with Gasteiger partial charge in [-0.1, -0.05) is 281 Å². The van der Waals surface area contributed by atoms with E-state index in [2.05, 4.69) is 300 Å². The van der Waals surface area contributed by atoms with Crippen LogP contribution < -0.4 is 45.5 Å². The van der Waals surface area contributed by atoms with E-state index < -0.39 is 23.0 Å². The molecule has 17 aromatic carbocycles. The average molecular weight is 1590 g/mol. The molecule has 0 unspecified atom stereocenters. The minimum atomic E-state index is -1.20. The fourth-order valence-electron chi connectivity index (χ4n) is 19.3. The Labute approximate surface area is 727 Å². The first-order valence-electron chi connectivity index (χ1n) is 45.5. The molecule has 6 heterocycles. The lowest BCUT2D eigenvalue weighted by Gasteiger charge is -2.47. The van der Waals surface area contributed by atoms with Crippen molar-refractivity contribution in [3.63, 3.8) is 0 Å². The number of benzene rings is 17. The Morgan fingerprint density at radius 3 is 0.878 bits per heavy atom. The second-order valence-corrected chi connectivity index (χ2v) is 35.9. The van der Waals surface area contributed by atoms with Crippen molar-refractivity contribution in [2.24, 2.45) is 0 Å². The van der Waals surface area contributed by atoms with Gasteiger partial charge < -0.3 is 38.2 Å². The van der Waals surface area contributed by atoms with Gasteiger partial charge in [-0.25, -0.2) is 0 Å². The van der Waals surface area contributed by atoms with E-state index in [9.17, 15) is 8.22 Å². The predicted octanol–water partition coefficient (Wildman–Crippen LogP) is 29.7. The third-order valence-electron chi connectivity index (χ3n) is 25.3. The first-order valence-corrected chi connectivity index (χ1v) is 42.5. The van der Waals surface area contributed by atoms with E-state index in [4.69, 9.17) is 9.47 Å². The van der Waals surface area contributed by atoms with Gasteiger partial charge in [0.05, 0.1) is 64.4 Å². The van der Waals surface area contributed by atoms with Crippen molar-refractivity contribution in [2.75, 3.05) is 19.6 Å². The average Bonchev–Trinajstić information content (AvgIpc) is 1.39. The number of anilines is 12. The highest BCUT2D eigenvalue weighted by molar-refractivity contribution is 7.00. The Balaban J connectivity index is 0.885. The molecule has 0 bridgehead atoms. The summed E-state index contributed by atoms with van der Waals surface area (Å²) in [6.07, 6.45) is 0. The lowest BCUT2D eigenvalue weighted by atomic mass is 9.33. The van der Waals surface area contributed by atoms with Crippen molar-refractivity contribution < 1.29 is 17.7 Å². The maximum atomic E-state index is 12.1. The van der Waals surface area contributed by atoms with Crippen molar-refractivity contribution in [1.82, 2.24) is 9.13 Å². The van der Waals surface area contributed by atoms with Crippen LogP contribution in [0, 0.1) is 0 Å². The van der Waals surface area contributed by atoms with Gasteiger partial charge in [0.2, 0.25) is 0 Å². The molecule has 0 N–H and O–H groups in total. The third kappa shape index (κ3) is 11.8. The van der Waals surface area contributed by atoms with E-state index in [0.29, 0.717) is 62.1 Å². The van der Waals surface area contributed by atoms with Gasteiger partial charge in [-0.05, 0) is 229 Å². The number of nitrogens with zero attached hydrogens (tertiary/aromatic N) is 6. The smallest absolute Gasteiger partial charge is 0.252 e. The SMILES string of the molecule is [2H]c1c([2H])c(-n2c3ccccc3c3cc(N4c5ccccc5Oc5ccccc54)ccc32)c([2H])c2c1B1c3c(cc(C(C)(C)C)cc3N(c3c(-c4ccccc4)cc(C(C)(C)C)cc3-c3ccccc3)c3c([2H])c(-n4c5ccccc5c5cc(N6c7ccccc7Oc7ccccc76)ccc54)c([2H])c([2H])c31)N2c1c(-c2ccccc2)cc(C(C)(C)C)cc1-c1ccccc1. The lowest BCUT2D eigenvalue weighted by Crippen LogP contribution is -2.61. The quantitative estimate of drug-likeness (QED) is 0.127. The fourth-order valence-corrected chi connectivity index (χ4v) is 19.3. The minimum Gasteiger partial charge on any atom is -0.453 e. The Hall–Kier alpha value is -14.8. The normalized spacial score (nSPS) is 14.0. The molecule has 0 amide bonds. The molecule has 590 valence electrons. The minimum absolute atomic E-state index is 0.0337. The molecule has 0 aliphatic carbocycles. The Morgan fingerprint density at radius 2 is 0.545 bits per heavy atom. The maximum Gasteiger partial charge on any atom is 0.252 e. The monoisotopic (exact) mass is 1590 g/mol. The maximum absolute atomic E-state index is 12.1. The number of hydrogen-bond donors (Lipinski definition) is 0. The van der Waals surface area contributed by atoms with Gasteiger partial charge >= 0.3 is 0 Å². The number of ether oxygens (including phenoxy) is 2. The summed E-state index contributed by atoms with van der Waals surface area (Å²) in [7, 11) is 0. The zero-order valence-electron chi connectivity index (χ0n) is 75.9. The molecule has 0 saturated carbocycles. The molecule has 0 atom stereocenters. The van der Waals surface area contributed by atoms with E-state index in [1.165, 1.54) is 0 Å². The van der Waals surface area contributed by atoms with Crippen molar-refractivity contribution in [2.45, 2.75) is 78.6 Å². The van der Waals surface area contributed by atoms with Crippen LogP contribution in [0.25, 0.3) is 99.5 Å². The van der Waals surface area contributed by atoms with Gasteiger partial charge in [-0.3, -0.25) is 0 Å². The summed E-state index contributed by atoms with van der Waals surface area (Å²) >= 11 is 0. The van der Waals surface area contributed by atoms with Gasteiger partial charge in [-0.15, -0.1) is 0 Å². The van der Waals surface area contributed by atoms with Crippen LogP contribution in [0.2, 0.25) is 0 Å². The number of aromatic nitrogens is 2. The number of fused-ring (bicyclic) bond motifs is 14. The van der Waals surface area contributed by atoms with Crippen LogP contribution in [0.3, 0.4) is 0 Å². The molecule has 2 aromatic heterocycles. The summed E-state index contributed by atoms with van der Waals surface area (Å²) in [6.45, 7) is 19.0. The molecule has 19 aromatic rings. The van der Waals surface area contributed by atoms with E-state index in [1.807, 2.05) is 130 Å². The van der Waals surface area contributed by atoms with Crippen LogP contribution in [0.1, 0.15) is 87.2 Å². The van der Waals surface area contributed by atoms with E-state index in [0.717, 1.165) is 150 Å². The summed E-state index contributed by atoms with van der Waals surface area (Å²) in [6, 6.07) is 117. The summed E-state index contributed by atoms with van der Waals surface area (Å²) in [5.41, 5.74) is 22.1. The summed E-state index contributed by atoms with van der Waals surface area (Å²) in [5.74, 6) is 2.87. The van der Waals surface area contributed by atoms with Gasteiger partial charge in [0, 0.05) is 89.3 Å². The summed E-state index contributed by atoms with van der Waals surface area (Å²) in [4.78, 5) is 9.02. The van der Waals surface area contributed by atoms with Gasteiger partial charge in [0.1, 0.15) is 0 Å². The Kier molecular flexibility index (Phi) is 15.2. The van der Waals surface area contributed by atoms with Gasteiger partial charge in [0.25, 0.3) is 6.71 Å². The molecular formula is C114H89BN6O2. The zero-order valence-corrected chi connectivity index (χ0v) is 69.9. The van der Waals surface area contributed by atoms with Crippen molar-refractivity contribution in [3.8, 4) is 78.9 Å². The van der Waals surface area contributed by atoms with Crippen molar-refractivity contribution in [3.05, 3.63) is 393 Å². The molecule has 4 aliphatic heterocycles. The molecule has 8 nitrogen and oxygen atoms in total. The van der Waals surface area contributed by atoms with E-state index >= 15 is 0 Å². The molecule has 0 saturated heterocycles. The zero-order chi connectivity index (χ0) is 88.1. The van der Waals surface area contributed by atoms with Gasteiger partial charge in [-0.2, -0.15) is 0 Å². The molecule has 0 radical (unpaired) electrons. The fraction of sp³-hybridized carbons (Fsp3) is 0.105. The van der Waals surface area contributed by atoms with E-state index in [1.54, 1.807) is 0 Å². The predicted molar refractivity (Wildman–Crippen MR) is 517 cm³/mol. The van der Waals surface area contributed by atoms with Crippen LogP contribution in [0.5, 0.6) is 23.0 Å². The number of hydrogen-bond acceptors (Lipinski definition) is 6. The van der Waals surface area contributed by atoms with Crippen LogP contribution in [-0.4, -0.2) is 15.8 Å². The second-order valence-electron chi connectivity index (χ2n) is 35.9. The highest BCUT2D eigenvalue weighted by Crippen LogP contribution is 2.58. The molecule has 23 rings (SSSR count). The summed E-state index contributed by atoms with van der Waals surface area (Å²) in [5, 5.41) is 3.49. The Bertz CT molecular complexity index is 7260. The van der Waals surface area contributed by atoms with Crippen LogP contribution >= 0.6 is 0 Å². The van der Waals surface area contributed by atoms with Crippen molar-refractivity contribution >= 4 is 135 Å². The van der Waals surface area contributed by atoms with Crippen molar-refractivity contribution in [1.29, 1.82) is 0 Å². The molecular weight excluding hydrogens is 1500 g/mol. The van der Waals surface area contributed by atoms with Crippen LogP contribution in [0.4, 0.5) is 68.2 Å². The molecule has 4 aliphatic rings. The topological polar surface area (TPSA) is 41.3 Å². The second kappa shape index (κ2) is 27.9. The number of para-hydroxylation sites is 10. The molecule has 123 heavy (non-hydrogen) atoms. The first kappa shape index (κ1) is 67.0. The largest absolute Gasteiger partial charge is 0.453 e. The molecule has 0 fully saturated rings. The van der Waals surface area contributed by atoms with Crippen LogP contribution in [0.15, 0.2) is 376 Å². The lowest BCUT2D eigenvalue weighted by molar-refractivity contribution is 0.477. The molecule has 9 heteroatoms. The highest BCUT2D eigenvalue weighted by atomic mass is 16.5.